The zero-order valence-corrected chi connectivity index (χ0v) is 26.9. The molecule has 45 heavy (non-hydrogen) atoms. The fraction of sp³-hybridized carbons (Fsp3) is 0.531. The summed E-state index contributed by atoms with van der Waals surface area (Å²) < 4.78 is 67.4. The summed E-state index contributed by atoms with van der Waals surface area (Å²) in [6, 6.07) is 10.0. The Labute approximate surface area is 262 Å². The number of sulfonamides is 1. The highest BCUT2D eigenvalue weighted by Crippen LogP contribution is 2.34. The first-order valence-electron chi connectivity index (χ1n) is 15.2. The minimum atomic E-state index is -4.53. The van der Waals surface area contributed by atoms with Crippen LogP contribution >= 0.6 is 0 Å². The standard InChI is InChI=1S/C32H40F3N5O4S/c1-22-20-25(28(41)38-15-17-39(18-16-38)30(2,3)4)9-8-23(22)10-19-45(43,44)40-13-11-31(12-14-40)29(42)36-27(37-31)24-6-5-7-26(21-24)32(33,34)35/h5-9,20-21H,10-19H2,1-4H3,(H,36,37,42). The molecule has 244 valence electrons. The molecule has 0 bridgehead atoms. The number of carbonyl (C=O) groups excluding carboxylic acids is 2. The Morgan fingerprint density at radius 2 is 1.64 bits per heavy atom. The molecule has 0 saturated carbocycles. The molecule has 0 aromatic heterocycles. The fourth-order valence-electron chi connectivity index (χ4n) is 6.21. The quantitative estimate of drug-likeness (QED) is 0.514. The molecule has 9 nitrogen and oxygen atoms in total. The molecule has 13 heteroatoms. The van der Waals surface area contributed by atoms with Gasteiger partial charge >= 0.3 is 6.18 Å². The lowest BCUT2D eigenvalue weighted by molar-refractivity contribution is -0.137. The molecule has 2 aromatic rings. The van der Waals surface area contributed by atoms with E-state index < -0.39 is 33.2 Å². The molecule has 0 aliphatic carbocycles. The summed E-state index contributed by atoms with van der Waals surface area (Å²) in [5.41, 5.74) is 0.425. The van der Waals surface area contributed by atoms with Crippen molar-refractivity contribution in [3.8, 4) is 0 Å². The van der Waals surface area contributed by atoms with Gasteiger partial charge in [-0.3, -0.25) is 19.5 Å². The number of nitrogens with zero attached hydrogens (tertiary/aromatic N) is 4. The normalized spacial score (nSPS) is 19.9. The van der Waals surface area contributed by atoms with Crippen LogP contribution in [0.5, 0.6) is 0 Å². The second kappa shape index (κ2) is 12.1. The average molecular weight is 648 g/mol. The second-order valence-electron chi connectivity index (χ2n) is 13.1. The molecule has 3 heterocycles. The Bertz CT molecular complexity index is 1600. The van der Waals surface area contributed by atoms with Crippen LogP contribution in [0.3, 0.4) is 0 Å². The predicted molar refractivity (Wildman–Crippen MR) is 166 cm³/mol. The van der Waals surface area contributed by atoms with E-state index in [4.69, 9.17) is 0 Å². The number of hydrogen-bond acceptors (Lipinski definition) is 6. The molecule has 2 fully saturated rings. The summed E-state index contributed by atoms with van der Waals surface area (Å²) in [6.07, 6.45) is -4.01. The Morgan fingerprint density at radius 1 is 0.978 bits per heavy atom. The third-order valence-corrected chi connectivity index (χ3v) is 11.0. The van der Waals surface area contributed by atoms with Crippen molar-refractivity contribution in [2.75, 3.05) is 45.0 Å². The molecule has 1 N–H and O–H groups in total. The van der Waals surface area contributed by atoms with Crippen molar-refractivity contribution < 1.29 is 31.2 Å². The van der Waals surface area contributed by atoms with Gasteiger partial charge in [-0.05, 0) is 82.3 Å². The van der Waals surface area contributed by atoms with Crippen LogP contribution in [-0.4, -0.2) is 96.3 Å². The van der Waals surface area contributed by atoms with Gasteiger partial charge in [-0.2, -0.15) is 13.2 Å². The number of piperazine rings is 1. The van der Waals surface area contributed by atoms with E-state index in [2.05, 4.69) is 36.0 Å². The van der Waals surface area contributed by atoms with Gasteiger partial charge in [0, 0.05) is 55.9 Å². The lowest BCUT2D eigenvalue weighted by atomic mass is 9.89. The fourth-order valence-corrected chi connectivity index (χ4v) is 7.68. The minimum absolute atomic E-state index is 0.0251. The highest BCUT2D eigenvalue weighted by atomic mass is 32.2. The number of amides is 2. The van der Waals surface area contributed by atoms with Gasteiger partial charge in [0.2, 0.25) is 10.0 Å². The van der Waals surface area contributed by atoms with Gasteiger partial charge in [0.1, 0.15) is 11.4 Å². The molecule has 3 aliphatic rings. The Kier molecular flexibility index (Phi) is 8.93. The summed E-state index contributed by atoms with van der Waals surface area (Å²) in [5, 5.41) is 2.60. The second-order valence-corrected chi connectivity index (χ2v) is 15.2. The van der Waals surface area contributed by atoms with Crippen LogP contribution in [0.1, 0.15) is 66.2 Å². The van der Waals surface area contributed by atoms with Gasteiger partial charge in [0.15, 0.2) is 0 Å². The zero-order valence-electron chi connectivity index (χ0n) is 26.1. The number of nitrogens with one attached hydrogen (secondary N) is 1. The van der Waals surface area contributed by atoms with E-state index in [1.807, 2.05) is 24.0 Å². The molecule has 0 radical (unpaired) electrons. The van der Waals surface area contributed by atoms with Crippen molar-refractivity contribution in [1.29, 1.82) is 0 Å². The van der Waals surface area contributed by atoms with Crippen LogP contribution in [0.25, 0.3) is 0 Å². The largest absolute Gasteiger partial charge is 0.416 e. The number of alkyl halides is 3. The third-order valence-electron chi connectivity index (χ3n) is 9.12. The third kappa shape index (κ3) is 7.10. The van der Waals surface area contributed by atoms with Crippen LogP contribution in [0, 0.1) is 6.92 Å². The van der Waals surface area contributed by atoms with Crippen molar-refractivity contribution in [3.05, 3.63) is 70.3 Å². The number of hydrogen-bond donors (Lipinski definition) is 1. The molecule has 0 atom stereocenters. The number of halogens is 3. The van der Waals surface area contributed by atoms with Crippen LogP contribution < -0.4 is 5.32 Å². The SMILES string of the molecule is Cc1cc(C(=O)N2CCN(C(C)(C)C)CC2)ccc1CCS(=O)(=O)N1CCC2(CC1)N=C(c1cccc(C(F)(F)F)c1)NC2=O. The summed E-state index contributed by atoms with van der Waals surface area (Å²) in [7, 11) is -3.66. The molecule has 2 amide bonds. The molecule has 2 aromatic carbocycles. The van der Waals surface area contributed by atoms with Crippen LogP contribution in [0.2, 0.25) is 0 Å². The van der Waals surface area contributed by atoms with E-state index in [1.54, 1.807) is 6.07 Å². The van der Waals surface area contributed by atoms with Crippen molar-refractivity contribution in [1.82, 2.24) is 19.4 Å². The van der Waals surface area contributed by atoms with E-state index in [0.717, 1.165) is 36.3 Å². The number of carbonyl (C=O) groups is 2. The van der Waals surface area contributed by atoms with Gasteiger partial charge < -0.3 is 10.2 Å². The lowest BCUT2D eigenvalue weighted by Crippen LogP contribution is -2.54. The van der Waals surface area contributed by atoms with Gasteiger partial charge in [0.25, 0.3) is 11.8 Å². The van der Waals surface area contributed by atoms with Gasteiger partial charge in [0.05, 0.1) is 11.3 Å². The summed E-state index contributed by atoms with van der Waals surface area (Å²) in [6.45, 7) is 11.5. The summed E-state index contributed by atoms with van der Waals surface area (Å²) >= 11 is 0. The summed E-state index contributed by atoms with van der Waals surface area (Å²) in [5.74, 6) is -0.531. The number of aliphatic imine (C=N–C) groups is 1. The zero-order chi connectivity index (χ0) is 32.8. The molecular weight excluding hydrogens is 607 g/mol. The lowest BCUT2D eigenvalue weighted by Gasteiger charge is -2.42. The minimum Gasteiger partial charge on any atom is -0.336 e. The van der Waals surface area contributed by atoms with E-state index in [9.17, 15) is 31.2 Å². The van der Waals surface area contributed by atoms with Crippen LogP contribution in [-0.2, 0) is 27.4 Å². The maximum absolute atomic E-state index is 13.3. The van der Waals surface area contributed by atoms with Crippen molar-refractivity contribution in [3.63, 3.8) is 0 Å². The number of rotatable bonds is 6. The van der Waals surface area contributed by atoms with Crippen LogP contribution in [0.4, 0.5) is 13.2 Å². The first-order valence-corrected chi connectivity index (χ1v) is 16.8. The van der Waals surface area contributed by atoms with Crippen molar-refractivity contribution >= 4 is 27.7 Å². The van der Waals surface area contributed by atoms with Crippen molar-refractivity contribution in [2.45, 2.75) is 64.2 Å². The Balaban J connectivity index is 1.18. The number of benzene rings is 2. The molecule has 2 saturated heterocycles. The first kappa shape index (κ1) is 33.1. The molecule has 3 aliphatic heterocycles. The molecule has 0 unspecified atom stereocenters. The molecular formula is C32H40F3N5O4S. The van der Waals surface area contributed by atoms with Gasteiger partial charge in [-0.25, -0.2) is 12.7 Å². The maximum Gasteiger partial charge on any atom is 0.416 e. The first-order chi connectivity index (χ1) is 21.0. The number of piperidine rings is 1. The van der Waals surface area contributed by atoms with E-state index in [-0.39, 0.29) is 61.0 Å². The maximum atomic E-state index is 13.3. The highest BCUT2D eigenvalue weighted by molar-refractivity contribution is 7.89. The monoisotopic (exact) mass is 647 g/mol. The van der Waals surface area contributed by atoms with E-state index in [1.165, 1.54) is 16.4 Å². The van der Waals surface area contributed by atoms with Gasteiger partial charge in [-0.1, -0.05) is 18.2 Å². The average Bonchev–Trinajstić information content (AvgIpc) is 3.30. The van der Waals surface area contributed by atoms with E-state index in [0.29, 0.717) is 18.7 Å². The smallest absolute Gasteiger partial charge is 0.336 e. The Hall–Kier alpha value is -3.29. The molecule has 1 spiro atoms. The summed E-state index contributed by atoms with van der Waals surface area (Å²) in [4.78, 5) is 34.8. The topological polar surface area (TPSA) is 102 Å². The van der Waals surface area contributed by atoms with Crippen molar-refractivity contribution in [2.24, 2.45) is 4.99 Å². The van der Waals surface area contributed by atoms with E-state index >= 15 is 0 Å². The number of aryl methyl sites for hydroxylation is 2. The number of amidine groups is 1. The molecule has 5 rings (SSSR count). The predicted octanol–water partition coefficient (Wildman–Crippen LogP) is 3.85. The Morgan fingerprint density at radius 3 is 2.24 bits per heavy atom. The highest BCUT2D eigenvalue weighted by Gasteiger charge is 2.47. The van der Waals surface area contributed by atoms with Gasteiger partial charge in [-0.15, -0.1) is 0 Å². The van der Waals surface area contributed by atoms with Crippen LogP contribution in [0.15, 0.2) is 47.5 Å².